The molecule has 0 bridgehead atoms. The van der Waals surface area contributed by atoms with Crippen LogP contribution in [-0.4, -0.2) is 21.5 Å². The molecule has 0 saturated heterocycles. The predicted octanol–water partition coefficient (Wildman–Crippen LogP) is 2.41. The number of hydrogen-bond donors (Lipinski definition) is 1. The highest BCUT2D eigenvalue weighted by Gasteiger charge is 2.31. The Morgan fingerprint density at radius 1 is 0.885 bits per heavy atom. The molecule has 0 atom stereocenters. The first kappa shape index (κ1) is 15.7. The maximum Gasteiger partial charge on any atom is 0.232 e. The lowest BCUT2D eigenvalue weighted by Gasteiger charge is -2.17. The molecule has 6 heteroatoms. The minimum absolute atomic E-state index is 0.0297. The summed E-state index contributed by atoms with van der Waals surface area (Å²) in [5.41, 5.74) is 6.78. The Labute approximate surface area is 148 Å². The summed E-state index contributed by atoms with van der Waals surface area (Å²) in [6.45, 7) is 0. The van der Waals surface area contributed by atoms with Crippen molar-refractivity contribution in [2.75, 3.05) is 0 Å². The average molecular weight is 343 g/mol. The molecule has 26 heavy (non-hydrogen) atoms. The summed E-state index contributed by atoms with van der Waals surface area (Å²) in [5, 5.41) is 0.634. The van der Waals surface area contributed by atoms with Gasteiger partial charge >= 0.3 is 0 Å². The number of carbonyl (C=O) groups is 2. The lowest BCUT2D eigenvalue weighted by atomic mass is 9.94. The molecule has 0 fully saturated rings. The van der Waals surface area contributed by atoms with Crippen molar-refractivity contribution in [2.24, 2.45) is 5.73 Å². The summed E-state index contributed by atoms with van der Waals surface area (Å²) in [5.74, 6) is -0.622. The van der Waals surface area contributed by atoms with Crippen molar-refractivity contribution >= 4 is 28.0 Å². The smallest absolute Gasteiger partial charge is 0.232 e. The maximum atomic E-state index is 13.0. The highest BCUT2D eigenvalue weighted by Crippen LogP contribution is 2.30. The molecule has 0 saturated carbocycles. The first-order valence-corrected chi connectivity index (χ1v) is 7.88. The number of allylic oxidation sites excluding steroid dienone is 2. The Bertz CT molecular complexity index is 1100. The van der Waals surface area contributed by atoms with E-state index in [0.717, 1.165) is 6.08 Å². The molecule has 1 heterocycles. The van der Waals surface area contributed by atoms with Crippen LogP contribution in [0, 0.1) is 0 Å². The van der Waals surface area contributed by atoms with Crippen LogP contribution in [0.4, 0.5) is 0 Å². The van der Waals surface area contributed by atoms with E-state index in [1.165, 1.54) is 6.33 Å². The quantitative estimate of drug-likeness (QED) is 0.734. The summed E-state index contributed by atoms with van der Waals surface area (Å²) in [7, 11) is 0. The van der Waals surface area contributed by atoms with Gasteiger partial charge < -0.3 is 10.5 Å². The topological polar surface area (TPSA) is 95.2 Å². The van der Waals surface area contributed by atoms with E-state index in [1.54, 1.807) is 42.5 Å². The summed E-state index contributed by atoms with van der Waals surface area (Å²) in [4.78, 5) is 33.7. The molecular weight excluding hydrogens is 330 g/mol. The summed E-state index contributed by atoms with van der Waals surface area (Å²) in [6.07, 6.45) is 2.45. The van der Waals surface area contributed by atoms with Crippen LogP contribution >= 0.6 is 0 Å². The van der Waals surface area contributed by atoms with Gasteiger partial charge in [0.2, 0.25) is 11.6 Å². The largest absolute Gasteiger partial charge is 0.453 e. The third-order valence-electron chi connectivity index (χ3n) is 4.00. The van der Waals surface area contributed by atoms with Gasteiger partial charge in [0, 0.05) is 11.5 Å². The van der Waals surface area contributed by atoms with E-state index in [9.17, 15) is 9.59 Å². The number of fused-ring (bicyclic) bond motifs is 1. The van der Waals surface area contributed by atoms with E-state index < -0.39 is 11.6 Å². The molecule has 1 aliphatic rings. The number of rotatable bonds is 3. The van der Waals surface area contributed by atoms with Crippen LogP contribution in [0.1, 0.15) is 5.69 Å². The second-order valence-corrected chi connectivity index (χ2v) is 5.65. The number of nitrogens with two attached hydrogens (primary N) is 1. The summed E-state index contributed by atoms with van der Waals surface area (Å²) in [6, 6.07) is 16.0. The maximum absolute atomic E-state index is 13.0. The van der Waals surface area contributed by atoms with Crippen LogP contribution in [0.25, 0.3) is 16.5 Å². The predicted molar refractivity (Wildman–Crippen MR) is 95.8 cm³/mol. The summed E-state index contributed by atoms with van der Waals surface area (Å²) < 4.78 is 5.61. The Balaban J connectivity index is 1.81. The van der Waals surface area contributed by atoms with Gasteiger partial charge in [-0.3, -0.25) is 9.59 Å². The Morgan fingerprint density at radius 2 is 1.62 bits per heavy atom. The van der Waals surface area contributed by atoms with Crippen LogP contribution < -0.4 is 10.5 Å². The van der Waals surface area contributed by atoms with Gasteiger partial charge in [-0.1, -0.05) is 36.4 Å². The fourth-order valence-electron chi connectivity index (χ4n) is 2.76. The van der Waals surface area contributed by atoms with E-state index in [4.69, 9.17) is 10.5 Å². The van der Waals surface area contributed by atoms with Crippen molar-refractivity contribution in [2.45, 2.75) is 0 Å². The zero-order valence-corrected chi connectivity index (χ0v) is 13.5. The molecule has 6 nitrogen and oxygen atoms in total. The van der Waals surface area contributed by atoms with Crippen molar-refractivity contribution in [3.05, 3.63) is 84.2 Å². The molecule has 126 valence electrons. The van der Waals surface area contributed by atoms with Crippen molar-refractivity contribution in [1.29, 1.82) is 0 Å². The molecule has 0 amide bonds. The number of Topliss-reactive ketones (excluding diaryl/α,β-unsaturated/α-hetero) is 1. The lowest BCUT2D eigenvalue weighted by Crippen LogP contribution is -2.26. The number of ketones is 2. The van der Waals surface area contributed by atoms with Gasteiger partial charge in [0.05, 0.1) is 22.5 Å². The standard InChI is InChI=1S/C20H13N3O3/c21-18-15(24)10-16(26-12-6-2-1-3-7-12)20(25)17(18)19-13-8-4-5-9-14(13)22-11-23-19/h1-11H,21H2. The third-order valence-corrected chi connectivity index (χ3v) is 4.00. The number of ether oxygens (including phenoxy) is 1. The molecular formula is C20H13N3O3. The van der Waals surface area contributed by atoms with Crippen LogP contribution in [-0.2, 0) is 9.59 Å². The second-order valence-electron chi connectivity index (χ2n) is 5.65. The van der Waals surface area contributed by atoms with Gasteiger partial charge in [-0.2, -0.15) is 0 Å². The second kappa shape index (κ2) is 6.25. The van der Waals surface area contributed by atoms with Crippen LogP contribution in [0.2, 0.25) is 0 Å². The van der Waals surface area contributed by atoms with Crippen molar-refractivity contribution in [1.82, 2.24) is 9.97 Å². The molecule has 3 aromatic rings. The van der Waals surface area contributed by atoms with Crippen molar-refractivity contribution < 1.29 is 14.3 Å². The van der Waals surface area contributed by atoms with Crippen molar-refractivity contribution in [3.8, 4) is 5.75 Å². The Hall–Kier alpha value is -3.80. The molecule has 1 aliphatic carbocycles. The fourth-order valence-corrected chi connectivity index (χ4v) is 2.76. The van der Waals surface area contributed by atoms with E-state index in [1.807, 2.05) is 12.1 Å². The number of benzene rings is 2. The van der Waals surface area contributed by atoms with Gasteiger partial charge in [-0.15, -0.1) is 0 Å². The SMILES string of the molecule is NC1=C(c2ncnc3ccccc23)C(=O)C(Oc2ccccc2)=CC1=O. The number of nitrogens with zero attached hydrogens (tertiary/aromatic N) is 2. The van der Waals surface area contributed by atoms with Gasteiger partial charge in [0.1, 0.15) is 12.1 Å². The number of aromatic nitrogens is 2. The van der Waals surface area contributed by atoms with E-state index in [0.29, 0.717) is 22.3 Å². The van der Waals surface area contributed by atoms with Gasteiger partial charge in [0.25, 0.3) is 0 Å². The molecule has 0 spiro atoms. The average Bonchev–Trinajstić information content (AvgIpc) is 2.67. The van der Waals surface area contributed by atoms with Crippen LogP contribution in [0.5, 0.6) is 5.75 Å². The lowest BCUT2D eigenvalue weighted by molar-refractivity contribution is -0.115. The van der Waals surface area contributed by atoms with Crippen molar-refractivity contribution in [3.63, 3.8) is 0 Å². The van der Waals surface area contributed by atoms with Crippen LogP contribution in [0.3, 0.4) is 0 Å². The molecule has 0 aliphatic heterocycles. The summed E-state index contributed by atoms with van der Waals surface area (Å²) >= 11 is 0. The molecule has 2 N–H and O–H groups in total. The zero-order chi connectivity index (χ0) is 18.1. The normalized spacial score (nSPS) is 14.5. The molecule has 0 radical (unpaired) electrons. The minimum atomic E-state index is -0.492. The van der Waals surface area contributed by atoms with Gasteiger partial charge in [-0.25, -0.2) is 9.97 Å². The monoisotopic (exact) mass is 343 g/mol. The van der Waals surface area contributed by atoms with E-state index in [2.05, 4.69) is 9.97 Å². The molecule has 0 unspecified atom stereocenters. The fraction of sp³-hybridized carbons (Fsp3) is 0. The highest BCUT2D eigenvalue weighted by molar-refractivity contribution is 6.38. The first-order chi connectivity index (χ1) is 12.6. The Kier molecular flexibility index (Phi) is 3.78. The third kappa shape index (κ3) is 2.63. The molecule has 1 aromatic heterocycles. The zero-order valence-electron chi connectivity index (χ0n) is 13.5. The van der Waals surface area contributed by atoms with E-state index in [-0.39, 0.29) is 17.0 Å². The first-order valence-electron chi connectivity index (χ1n) is 7.88. The minimum Gasteiger partial charge on any atom is -0.453 e. The van der Waals surface area contributed by atoms with E-state index >= 15 is 0 Å². The molecule has 2 aromatic carbocycles. The number of carbonyl (C=O) groups excluding carboxylic acids is 2. The van der Waals surface area contributed by atoms with Gasteiger partial charge in [-0.05, 0) is 18.2 Å². The molecule has 4 rings (SSSR count). The number of hydrogen-bond acceptors (Lipinski definition) is 6. The number of para-hydroxylation sites is 2. The highest BCUT2D eigenvalue weighted by atomic mass is 16.5. The Morgan fingerprint density at radius 3 is 2.42 bits per heavy atom. The van der Waals surface area contributed by atoms with Gasteiger partial charge in [0.15, 0.2) is 5.76 Å². The van der Waals surface area contributed by atoms with Crippen LogP contribution in [0.15, 0.2) is 78.5 Å².